The Kier molecular flexibility index (Phi) is 5.92. The number of amides is 2. The van der Waals surface area contributed by atoms with Gasteiger partial charge in [0.25, 0.3) is 0 Å². The fraction of sp³-hybridized carbons (Fsp3) is 0.632. The molecule has 0 saturated heterocycles. The van der Waals surface area contributed by atoms with Crippen LogP contribution < -0.4 is 10.6 Å². The molecule has 1 aromatic carbocycles. The number of hydrogen-bond acceptors (Lipinski definition) is 2. The summed E-state index contributed by atoms with van der Waals surface area (Å²) in [6, 6.07) is 8.17. The van der Waals surface area contributed by atoms with E-state index in [1.54, 1.807) is 0 Å². The predicted molar refractivity (Wildman–Crippen MR) is 92.5 cm³/mol. The van der Waals surface area contributed by atoms with Gasteiger partial charge < -0.3 is 15.4 Å². The van der Waals surface area contributed by atoms with E-state index in [9.17, 15) is 4.79 Å². The monoisotopic (exact) mass is 316 g/mol. The largest absolute Gasteiger partial charge is 0.376 e. The van der Waals surface area contributed by atoms with Gasteiger partial charge in [-0.1, -0.05) is 37.8 Å². The molecule has 2 N–H and O–H groups in total. The molecule has 0 unspecified atom stereocenters. The van der Waals surface area contributed by atoms with E-state index in [-0.39, 0.29) is 6.03 Å². The fourth-order valence-electron chi connectivity index (χ4n) is 3.14. The van der Waals surface area contributed by atoms with Crippen molar-refractivity contribution in [2.75, 3.05) is 11.9 Å². The van der Waals surface area contributed by atoms with Gasteiger partial charge in [-0.05, 0) is 49.3 Å². The maximum absolute atomic E-state index is 12.2. The van der Waals surface area contributed by atoms with Crippen molar-refractivity contribution in [3.63, 3.8) is 0 Å². The standard InChI is InChI=1S/C19H28N2O2/c22-19(20-17-7-3-1-2-4-8-17)21-18-9-5-6-16(12-18)14-23-13-15-10-11-15/h5-6,9,12,15,17H,1-4,7-8,10-11,13-14H2,(H2,20,21,22). The number of carbonyl (C=O) groups is 1. The molecule has 2 amide bonds. The Balaban J connectivity index is 1.44. The van der Waals surface area contributed by atoms with Gasteiger partial charge in [-0.2, -0.15) is 0 Å². The van der Waals surface area contributed by atoms with Crippen LogP contribution >= 0.6 is 0 Å². The van der Waals surface area contributed by atoms with Crippen molar-refractivity contribution in [3.8, 4) is 0 Å². The van der Waals surface area contributed by atoms with Gasteiger partial charge in [0.15, 0.2) is 0 Å². The Bertz CT molecular complexity index is 506. The molecule has 2 aliphatic carbocycles. The predicted octanol–water partition coefficient (Wildman–Crippen LogP) is 4.46. The maximum atomic E-state index is 12.2. The summed E-state index contributed by atoms with van der Waals surface area (Å²) in [7, 11) is 0. The van der Waals surface area contributed by atoms with Gasteiger partial charge in [0.2, 0.25) is 0 Å². The van der Waals surface area contributed by atoms with E-state index in [1.165, 1.54) is 38.5 Å². The van der Waals surface area contributed by atoms with Crippen LogP contribution in [0.5, 0.6) is 0 Å². The quantitative estimate of drug-likeness (QED) is 0.761. The summed E-state index contributed by atoms with van der Waals surface area (Å²) in [5.41, 5.74) is 1.95. The van der Waals surface area contributed by atoms with Gasteiger partial charge in [0.1, 0.15) is 0 Å². The Hall–Kier alpha value is -1.55. The van der Waals surface area contributed by atoms with E-state index >= 15 is 0 Å². The third-order valence-corrected chi connectivity index (χ3v) is 4.69. The van der Waals surface area contributed by atoms with Crippen LogP contribution in [0.1, 0.15) is 56.9 Å². The van der Waals surface area contributed by atoms with Crippen molar-refractivity contribution >= 4 is 11.7 Å². The molecule has 0 atom stereocenters. The van der Waals surface area contributed by atoms with Crippen LogP contribution in [-0.4, -0.2) is 18.7 Å². The maximum Gasteiger partial charge on any atom is 0.319 e. The summed E-state index contributed by atoms with van der Waals surface area (Å²) in [4.78, 5) is 12.2. The second-order valence-electron chi connectivity index (χ2n) is 6.95. The number of nitrogens with one attached hydrogen (secondary N) is 2. The Morgan fingerprint density at radius 3 is 2.61 bits per heavy atom. The first-order valence-electron chi connectivity index (χ1n) is 9.04. The highest BCUT2D eigenvalue weighted by Crippen LogP contribution is 2.29. The molecule has 23 heavy (non-hydrogen) atoms. The first-order valence-corrected chi connectivity index (χ1v) is 9.04. The Morgan fingerprint density at radius 1 is 1.09 bits per heavy atom. The summed E-state index contributed by atoms with van der Waals surface area (Å²) in [5.74, 6) is 0.779. The van der Waals surface area contributed by atoms with Crippen molar-refractivity contribution in [3.05, 3.63) is 29.8 Å². The minimum Gasteiger partial charge on any atom is -0.376 e. The molecule has 4 heteroatoms. The molecule has 2 fully saturated rings. The van der Waals surface area contributed by atoms with Crippen LogP contribution in [0, 0.1) is 5.92 Å². The molecular weight excluding hydrogens is 288 g/mol. The molecule has 0 radical (unpaired) electrons. The average Bonchev–Trinajstić information content (AvgIpc) is 3.35. The lowest BCUT2D eigenvalue weighted by atomic mass is 10.1. The molecule has 2 aliphatic rings. The lowest BCUT2D eigenvalue weighted by Gasteiger charge is -2.17. The van der Waals surface area contributed by atoms with Crippen molar-refractivity contribution in [1.29, 1.82) is 0 Å². The molecule has 3 rings (SSSR count). The van der Waals surface area contributed by atoms with E-state index in [0.717, 1.165) is 36.6 Å². The smallest absolute Gasteiger partial charge is 0.319 e. The highest BCUT2D eigenvalue weighted by atomic mass is 16.5. The molecule has 126 valence electrons. The first-order chi connectivity index (χ1) is 11.3. The SMILES string of the molecule is O=C(Nc1cccc(COCC2CC2)c1)NC1CCCCCC1. The zero-order valence-corrected chi connectivity index (χ0v) is 13.9. The van der Waals surface area contributed by atoms with Gasteiger partial charge in [-0.25, -0.2) is 4.79 Å². The normalized spacial score (nSPS) is 19.1. The minimum atomic E-state index is -0.0899. The van der Waals surface area contributed by atoms with E-state index in [0.29, 0.717) is 12.6 Å². The van der Waals surface area contributed by atoms with Gasteiger partial charge >= 0.3 is 6.03 Å². The topological polar surface area (TPSA) is 50.4 Å². The number of hydrogen-bond donors (Lipinski definition) is 2. The second kappa shape index (κ2) is 8.34. The lowest BCUT2D eigenvalue weighted by molar-refractivity contribution is 0.111. The third kappa shape index (κ3) is 5.87. The molecule has 1 aromatic rings. The summed E-state index contributed by atoms with van der Waals surface area (Å²) in [5, 5.41) is 6.07. The van der Waals surface area contributed by atoms with E-state index in [4.69, 9.17) is 4.74 Å². The van der Waals surface area contributed by atoms with Crippen LogP contribution in [0.4, 0.5) is 10.5 Å². The summed E-state index contributed by atoms with van der Waals surface area (Å²) < 4.78 is 5.71. The average molecular weight is 316 g/mol. The lowest BCUT2D eigenvalue weighted by Crippen LogP contribution is -2.37. The van der Waals surface area contributed by atoms with Gasteiger partial charge in [0.05, 0.1) is 6.61 Å². The molecule has 4 nitrogen and oxygen atoms in total. The molecule has 0 aliphatic heterocycles. The number of carbonyl (C=O) groups excluding carboxylic acids is 1. The second-order valence-corrected chi connectivity index (χ2v) is 6.95. The zero-order chi connectivity index (χ0) is 15.9. The van der Waals surface area contributed by atoms with E-state index in [1.807, 2.05) is 24.3 Å². The van der Waals surface area contributed by atoms with Crippen molar-refractivity contribution < 1.29 is 9.53 Å². The van der Waals surface area contributed by atoms with Crippen LogP contribution in [0.25, 0.3) is 0 Å². The summed E-state index contributed by atoms with van der Waals surface area (Å²) >= 11 is 0. The molecule has 0 bridgehead atoms. The first kappa shape index (κ1) is 16.3. The van der Waals surface area contributed by atoms with Gasteiger partial charge in [-0.3, -0.25) is 0 Å². The van der Waals surface area contributed by atoms with Crippen molar-refractivity contribution in [2.45, 2.75) is 64.0 Å². The Labute approximate surface area is 139 Å². The fourth-order valence-corrected chi connectivity index (χ4v) is 3.14. The van der Waals surface area contributed by atoms with Gasteiger partial charge in [-0.15, -0.1) is 0 Å². The van der Waals surface area contributed by atoms with Crippen LogP contribution in [0.3, 0.4) is 0 Å². The number of benzene rings is 1. The van der Waals surface area contributed by atoms with Crippen molar-refractivity contribution in [2.24, 2.45) is 5.92 Å². The van der Waals surface area contributed by atoms with Crippen LogP contribution in [0.15, 0.2) is 24.3 Å². The van der Waals surface area contributed by atoms with Crippen LogP contribution in [0.2, 0.25) is 0 Å². The third-order valence-electron chi connectivity index (χ3n) is 4.69. The Morgan fingerprint density at radius 2 is 1.87 bits per heavy atom. The molecular formula is C19H28N2O2. The number of ether oxygens (including phenoxy) is 1. The minimum absolute atomic E-state index is 0.0899. The molecule has 0 spiro atoms. The van der Waals surface area contributed by atoms with Crippen molar-refractivity contribution in [1.82, 2.24) is 5.32 Å². The number of rotatable bonds is 6. The highest BCUT2D eigenvalue weighted by Gasteiger charge is 2.21. The van der Waals surface area contributed by atoms with E-state index in [2.05, 4.69) is 10.6 Å². The zero-order valence-electron chi connectivity index (χ0n) is 13.9. The molecule has 2 saturated carbocycles. The van der Waals surface area contributed by atoms with Gasteiger partial charge in [0, 0.05) is 18.3 Å². The summed E-state index contributed by atoms with van der Waals surface area (Å²) in [6.07, 6.45) is 9.85. The van der Waals surface area contributed by atoms with Crippen LogP contribution in [-0.2, 0) is 11.3 Å². The molecule has 0 heterocycles. The molecule has 0 aromatic heterocycles. The number of urea groups is 1. The summed E-state index contributed by atoms with van der Waals surface area (Å²) in [6.45, 7) is 1.48. The van der Waals surface area contributed by atoms with E-state index < -0.39 is 0 Å². The number of anilines is 1. The highest BCUT2D eigenvalue weighted by molar-refractivity contribution is 5.89.